The maximum absolute atomic E-state index is 14.4. The molecule has 5 amide bonds. The van der Waals surface area contributed by atoms with Crippen LogP contribution in [0.2, 0.25) is 0 Å². The molecule has 1 fully saturated rings. The third kappa shape index (κ3) is 15.5. The van der Waals surface area contributed by atoms with Crippen LogP contribution in [0.5, 0.6) is 0 Å². The van der Waals surface area contributed by atoms with Gasteiger partial charge in [0.25, 0.3) is 0 Å². The smallest absolute Gasteiger partial charge is 0.326 e. The number of likely N-dealkylation sites (tertiary alicyclic amines) is 1. The van der Waals surface area contributed by atoms with Gasteiger partial charge in [0.05, 0.1) is 42.7 Å². The van der Waals surface area contributed by atoms with Gasteiger partial charge in [-0.1, -0.05) is 85.2 Å². The van der Waals surface area contributed by atoms with Gasteiger partial charge in [-0.3, -0.25) is 33.7 Å². The highest BCUT2D eigenvalue weighted by molar-refractivity contribution is 5.92. The molecule has 17 heteroatoms. The minimum Gasteiger partial charge on any atom is -0.481 e. The second kappa shape index (κ2) is 26.4. The highest BCUT2D eigenvalue weighted by atomic mass is 16.5. The molecule has 0 spiro atoms. The van der Waals surface area contributed by atoms with E-state index in [4.69, 9.17) is 14.6 Å². The van der Waals surface area contributed by atoms with Gasteiger partial charge in [0.2, 0.25) is 29.5 Å². The minimum atomic E-state index is -1.49. The third-order valence-electron chi connectivity index (χ3n) is 12.8. The van der Waals surface area contributed by atoms with Gasteiger partial charge in [-0.2, -0.15) is 0 Å². The zero-order valence-corrected chi connectivity index (χ0v) is 40.5. The summed E-state index contributed by atoms with van der Waals surface area (Å²) < 4.78 is 12.0. The Hall–Kier alpha value is -4.61. The molecule has 1 aliphatic heterocycles. The van der Waals surface area contributed by atoms with Gasteiger partial charge < -0.3 is 45.4 Å². The van der Waals surface area contributed by atoms with Crippen LogP contribution in [0, 0.1) is 23.7 Å². The molecule has 1 heterocycles. The second-order valence-electron chi connectivity index (χ2n) is 18.4. The number of rotatable bonds is 27. The summed E-state index contributed by atoms with van der Waals surface area (Å²) in [7, 11) is 6.57. The van der Waals surface area contributed by atoms with Crippen molar-refractivity contribution in [1.29, 1.82) is 0 Å². The summed E-state index contributed by atoms with van der Waals surface area (Å²) in [5.41, 5.74) is 0.693. The molecule has 1 aromatic carbocycles. The Bertz CT molecular complexity index is 1690. The molecule has 1 aliphatic rings. The van der Waals surface area contributed by atoms with Crippen molar-refractivity contribution in [2.24, 2.45) is 23.7 Å². The van der Waals surface area contributed by atoms with Crippen LogP contribution in [0.4, 0.5) is 0 Å². The summed E-state index contributed by atoms with van der Waals surface area (Å²) in [4.78, 5) is 98.7. The van der Waals surface area contributed by atoms with Crippen molar-refractivity contribution in [2.45, 2.75) is 162 Å². The van der Waals surface area contributed by atoms with Gasteiger partial charge in [-0.25, -0.2) is 4.79 Å². The molecule has 2 rings (SSSR count). The fourth-order valence-electron chi connectivity index (χ4n) is 8.72. The molecule has 1 aromatic rings. The van der Waals surface area contributed by atoms with E-state index in [1.807, 2.05) is 67.3 Å². The number of methoxy groups -OCH3 is 2. The van der Waals surface area contributed by atoms with Gasteiger partial charge in [0.1, 0.15) is 18.1 Å². The zero-order valence-electron chi connectivity index (χ0n) is 40.5. The second-order valence-corrected chi connectivity index (χ2v) is 18.4. The zero-order chi connectivity index (χ0) is 48.6. The number of carbonyl (C=O) groups is 7. The van der Waals surface area contributed by atoms with Crippen LogP contribution in [0.15, 0.2) is 30.3 Å². The van der Waals surface area contributed by atoms with Crippen LogP contribution in [0.1, 0.15) is 106 Å². The lowest BCUT2D eigenvalue weighted by Crippen LogP contribution is -2.60. The van der Waals surface area contributed by atoms with Crippen molar-refractivity contribution in [3.63, 3.8) is 0 Å². The fourth-order valence-corrected chi connectivity index (χ4v) is 8.72. The van der Waals surface area contributed by atoms with E-state index < -0.39 is 84.6 Å². The highest BCUT2D eigenvalue weighted by Crippen LogP contribution is 2.30. The van der Waals surface area contributed by atoms with Crippen molar-refractivity contribution in [3.8, 4) is 0 Å². The number of likely N-dealkylation sites (N-methyl/N-ethyl adjacent to an activating group) is 2. The number of nitrogens with one attached hydrogen (secondary N) is 3. The maximum Gasteiger partial charge on any atom is 0.326 e. The molecule has 0 saturated carbocycles. The van der Waals surface area contributed by atoms with E-state index in [1.165, 1.54) is 14.2 Å². The number of carbonyl (C=O) groups excluding carboxylic acids is 5. The Morgan fingerprint density at radius 3 is 1.92 bits per heavy atom. The monoisotopic (exact) mass is 903 g/mol. The van der Waals surface area contributed by atoms with E-state index in [0.29, 0.717) is 31.4 Å². The predicted molar refractivity (Wildman–Crippen MR) is 243 cm³/mol. The first-order chi connectivity index (χ1) is 30.0. The van der Waals surface area contributed by atoms with Gasteiger partial charge in [-0.15, -0.1) is 0 Å². The van der Waals surface area contributed by atoms with Crippen LogP contribution < -0.4 is 16.0 Å². The first kappa shape index (κ1) is 55.5. The summed E-state index contributed by atoms with van der Waals surface area (Å²) in [6.07, 6.45) is -0.561. The number of aliphatic carboxylic acids is 2. The van der Waals surface area contributed by atoms with E-state index in [9.17, 15) is 38.7 Å². The van der Waals surface area contributed by atoms with E-state index >= 15 is 0 Å². The van der Waals surface area contributed by atoms with Gasteiger partial charge in [0, 0.05) is 46.7 Å². The number of hydrogen-bond acceptors (Lipinski definition) is 10. The minimum absolute atomic E-state index is 0.00556. The summed E-state index contributed by atoms with van der Waals surface area (Å²) in [6.45, 7) is 17.8. The number of carboxylic acids is 2. The van der Waals surface area contributed by atoms with Crippen LogP contribution in [0.3, 0.4) is 0 Å². The summed E-state index contributed by atoms with van der Waals surface area (Å²) in [5.74, 6) is -5.95. The molecular weight excluding hydrogens is 825 g/mol. The Labute approximate surface area is 380 Å². The first-order valence-electron chi connectivity index (χ1n) is 22.8. The molecule has 5 N–H and O–H groups in total. The predicted octanol–water partition coefficient (Wildman–Crippen LogP) is 3.57. The Kier molecular flexibility index (Phi) is 22.9. The van der Waals surface area contributed by atoms with Gasteiger partial charge >= 0.3 is 11.9 Å². The molecule has 0 radical (unpaired) electrons. The molecule has 362 valence electrons. The highest BCUT2D eigenvalue weighted by Gasteiger charge is 2.44. The van der Waals surface area contributed by atoms with Crippen molar-refractivity contribution in [1.82, 2.24) is 30.7 Å². The number of carboxylic acid groups (broad SMARTS) is 2. The SMILES string of the molecule is CCC(C)C(C(CC(=O)N1CCCC1C(OC)C(C)C(=O)NC(Cc1ccccc1)C(=O)NC(CCC(=O)O)C(=O)O)OC)N(C)C(=O)[C@@H](NC(=O)C(C(C)C)N(C)C(C)C)C(C)C. The number of benzene rings is 1. The molecule has 0 aliphatic carbocycles. The van der Waals surface area contributed by atoms with Gasteiger partial charge in [0.15, 0.2) is 0 Å². The fraction of sp³-hybridized carbons (Fsp3) is 0.723. The number of ether oxygens (including phenoxy) is 2. The molecule has 10 atom stereocenters. The molecule has 0 aromatic heterocycles. The van der Waals surface area contributed by atoms with Crippen LogP contribution in [-0.2, 0) is 49.5 Å². The summed E-state index contributed by atoms with van der Waals surface area (Å²) in [5, 5.41) is 27.1. The standard InChI is InChI=1S/C47H78N6O11/c1-14-30(8)41(52(11)46(60)39(27(2)3)50-45(59)40(28(4)5)51(10)29(6)7)36(63-12)26-37(54)53-24-18-21-35(53)42(64-13)31(9)43(57)49-34(25-32-19-16-15-17-20-32)44(58)48-33(47(61)62)22-23-38(55)56/h15-17,19-20,27-31,33-36,39-42H,14,18,21-26H2,1-13H3,(H,48,58)(H,49,57)(H,50,59)(H,55,56)(H,61,62)/t30?,31?,33?,34?,35?,36?,39-,40?,41?,42?/m0/s1. The summed E-state index contributed by atoms with van der Waals surface area (Å²) in [6, 6.07) is 3.90. The first-order valence-corrected chi connectivity index (χ1v) is 22.8. The Morgan fingerprint density at radius 2 is 1.42 bits per heavy atom. The van der Waals surface area contributed by atoms with Crippen LogP contribution in [-0.4, -0.2) is 156 Å². The van der Waals surface area contributed by atoms with Crippen LogP contribution >= 0.6 is 0 Å². The average Bonchev–Trinajstić information content (AvgIpc) is 3.73. The van der Waals surface area contributed by atoms with Gasteiger partial charge in [-0.05, 0) is 63.5 Å². The van der Waals surface area contributed by atoms with E-state index in [2.05, 4.69) is 16.0 Å². The lowest BCUT2D eigenvalue weighted by atomic mass is 9.89. The molecule has 1 saturated heterocycles. The number of amides is 5. The largest absolute Gasteiger partial charge is 0.481 e. The third-order valence-corrected chi connectivity index (χ3v) is 12.8. The van der Waals surface area contributed by atoms with E-state index in [-0.39, 0.29) is 60.8 Å². The molecule has 0 bridgehead atoms. The van der Waals surface area contributed by atoms with E-state index in [0.717, 1.165) is 0 Å². The van der Waals surface area contributed by atoms with E-state index in [1.54, 1.807) is 54.1 Å². The molecule has 64 heavy (non-hydrogen) atoms. The van der Waals surface area contributed by atoms with Crippen LogP contribution in [0.25, 0.3) is 0 Å². The molecular formula is C47H78N6O11. The summed E-state index contributed by atoms with van der Waals surface area (Å²) >= 11 is 0. The van der Waals surface area contributed by atoms with Crippen molar-refractivity contribution >= 4 is 41.5 Å². The Morgan fingerprint density at radius 1 is 0.812 bits per heavy atom. The number of nitrogens with zero attached hydrogens (tertiary/aromatic N) is 3. The molecule has 17 nitrogen and oxygen atoms in total. The topological polar surface area (TPSA) is 224 Å². The average molecular weight is 903 g/mol. The lowest BCUT2D eigenvalue weighted by Gasteiger charge is -2.41. The Balaban J connectivity index is 2.35. The molecule has 9 unspecified atom stereocenters. The normalized spacial score (nSPS) is 18.4. The maximum atomic E-state index is 14.4. The van der Waals surface area contributed by atoms with Crippen molar-refractivity contribution in [3.05, 3.63) is 35.9 Å². The van der Waals surface area contributed by atoms with Crippen molar-refractivity contribution < 1.29 is 53.2 Å². The quantitative estimate of drug-likeness (QED) is 0.0855. The number of hydrogen-bond donors (Lipinski definition) is 5. The lowest BCUT2D eigenvalue weighted by molar-refractivity contribution is -0.148. The van der Waals surface area contributed by atoms with Crippen molar-refractivity contribution in [2.75, 3.05) is 34.9 Å².